The molecule has 1 nitrogen and oxygen atoms in total. The van der Waals surface area contributed by atoms with E-state index in [4.69, 9.17) is 0 Å². The molecule has 0 aliphatic carbocycles. The lowest BCUT2D eigenvalue weighted by Crippen LogP contribution is -2.28. The van der Waals surface area contributed by atoms with Gasteiger partial charge in [0.2, 0.25) is 0 Å². The van der Waals surface area contributed by atoms with Crippen LogP contribution in [0, 0.1) is 0 Å². The molecular formula is C29H26OS3. The van der Waals surface area contributed by atoms with Crippen LogP contribution in [0.3, 0.4) is 0 Å². The highest BCUT2D eigenvalue weighted by atomic mass is 32.3. The monoisotopic (exact) mass is 486 g/mol. The summed E-state index contributed by atoms with van der Waals surface area (Å²) in [6, 6.07) is 42.1. The van der Waals surface area contributed by atoms with Gasteiger partial charge in [0.25, 0.3) is 0 Å². The number of carbonyl (C=O) groups is 1. The summed E-state index contributed by atoms with van der Waals surface area (Å²) in [7, 11) is 0. The van der Waals surface area contributed by atoms with Gasteiger partial charge in [-0.3, -0.25) is 0 Å². The van der Waals surface area contributed by atoms with Gasteiger partial charge in [-0.15, -0.1) is 0 Å². The van der Waals surface area contributed by atoms with Crippen molar-refractivity contribution in [3.05, 3.63) is 127 Å². The van der Waals surface area contributed by atoms with Crippen LogP contribution in [0.15, 0.2) is 136 Å². The van der Waals surface area contributed by atoms with E-state index >= 15 is 0 Å². The zero-order chi connectivity index (χ0) is 22.9. The van der Waals surface area contributed by atoms with E-state index in [0.717, 1.165) is 0 Å². The third kappa shape index (κ3) is 6.57. The smallest absolute Gasteiger partial charge is 0.130 e. The fraction of sp³-hybridized carbons (Fsp3) is 0.138. The molecule has 4 aromatic carbocycles. The lowest BCUT2D eigenvalue weighted by molar-refractivity contribution is -0.117. The molecule has 0 N–H and O–H groups in total. The summed E-state index contributed by atoms with van der Waals surface area (Å²) in [6.07, 6.45) is 0.476. The first-order valence-corrected chi connectivity index (χ1v) is 13.4. The molecule has 0 saturated heterocycles. The first-order valence-electron chi connectivity index (χ1n) is 10.9. The Morgan fingerprint density at radius 3 is 1.27 bits per heavy atom. The van der Waals surface area contributed by atoms with Gasteiger partial charge in [0.15, 0.2) is 0 Å². The molecule has 0 aromatic heterocycles. The summed E-state index contributed by atoms with van der Waals surface area (Å²) in [4.78, 5) is 16.2. The number of hydrogen-bond acceptors (Lipinski definition) is 4. The molecule has 0 aliphatic heterocycles. The van der Waals surface area contributed by atoms with Gasteiger partial charge in [0.05, 0.1) is 0 Å². The van der Waals surface area contributed by atoms with Gasteiger partial charge in [-0.05, 0) is 48.9 Å². The molecule has 1 unspecified atom stereocenters. The van der Waals surface area contributed by atoms with Crippen molar-refractivity contribution < 1.29 is 4.79 Å². The molecule has 4 rings (SSSR count). The molecular weight excluding hydrogens is 461 g/mol. The van der Waals surface area contributed by atoms with Crippen LogP contribution in [0.2, 0.25) is 0 Å². The zero-order valence-corrected chi connectivity index (χ0v) is 20.9. The molecule has 1 atom stereocenters. The van der Waals surface area contributed by atoms with Crippen LogP contribution in [-0.2, 0) is 4.79 Å². The maximum atomic E-state index is 12.6. The number of thioether (sulfide) groups is 3. The van der Waals surface area contributed by atoms with Gasteiger partial charge >= 0.3 is 0 Å². The Bertz CT molecular complexity index is 1030. The second kappa shape index (κ2) is 11.6. The number of benzene rings is 4. The second-order valence-electron chi connectivity index (χ2n) is 7.72. The Morgan fingerprint density at radius 2 is 0.939 bits per heavy atom. The summed E-state index contributed by atoms with van der Waals surface area (Å²) >= 11 is 5.53. The number of rotatable bonds is 10. The molecule has 0 amide bonds. The Labute approximate surface area is 209 Å². The summed E-state index contributed by atoms with van der Waals surface area (Å²) in [5, 5.41) is 0. The molecule has 0 heterocycles. The maximum Gasteiger partial charge on any atom is 0.130 e. The molecule has 0 bridgehead atoms. The minimum atomic E-state index is -0.406. The van der Waals surface area contributed by atoms with E-state index in [1.165, 1.54) is 20.2 Å². The minimum absolute atomic E-state index is 0.00295. The zero-order valence-electron chi connectivity index (χ0n) is 18.5. The van der Waals surface area contributed by atoms with Gasteiger partial charge in [-0.25, -0.2) is 0 Å². The van der Waals surface area contributed by atoms with Crippen molar-refractivity contribution in [3.63, 3.8) is 0 Å². The lowest BCUT2D eigenvalue weighted by Gasteiger charge is -2.39. The fourth-order valence-corrected chi connectivity index (χ4v) is 8.84. The fourth-order valence-electron chi connectivity index (χ4n) is 3.65. The van der Waals surface area contributed by atoms with Gasteiger partial charge in [-0.2, -0.15) is 0 Å². The van der Waals surface area contributed by atoms with Crippen LogP contribution in [-0.4, -0.2) is 9.19 Å². The summed E-state index contributed by atoms with van der Waals surface area (Å²) < 4.78 is -0.406. The van der Waals surface area contributed by atoms with Gasteiger partial charge in [0.1, 0.15) is 9.19 Å². The van der Waals surface area contributed by atoms with Crippen molar-refractivity contribution >= 4 is 41.1 Å². The third-order valence-electron chi connectivity index (χ3n) is 5.13. The summed E-state index contributed by atoms with van der Waals surface area (Å²) in [6.45, 7) is 1.70. The number of Topliss-reactive ketones (excluding diaryl/α,β-unsaturated/α-hetero) is 1. The quantitative estimate of drug-likeness (QED) is 0.164. The Morgan fingerprint density at radius 1 is 0.606 bits per heavy atom. The minimum Gasteiger partial charge on any atom is -0.300 e. The number of hydrogen-bond donors (Lipinski definition) is 0. The Kier molecular flexibility index (Phi) is 8.38. The van der Waals surface area contributed by atoms with Crippen LogP contribution < -0.4 is 0 Å². The van der Waals surface area contributed by atoms with E-state index in [1.54, 1.807) is 6.92 Å². The predicted molar refractivity (Wildman–Crippen MR) is 144 cm³/mol. The number of ketones is 1. The topological polar surface area (TPSA) is 17.1 Å². The molecule has 33 heavy (non-hydrogen) atoms. The van der Waals surface area contributed by atoms with Crippen molar-refractivity contribution in [3.8, 4) is 0 Å². The van der Waals surface area contributed by atoms with Gasteiger partial charge in [0, 0.05) is 27.0 Å². The molecule has 0 aliphatic rings. The predicted octanol–water partition coefficient (Wildman–Crippen LogP) is 8.78. The standard InChI is InChI=1S/C29H26OS3/c1-23(30)22-28(24-14-6-2-7-15-24)29(31-25-16-8-3-9-17-25,32-26-18-10-4-11-19-26)33-27-20-12-5-13-21-27/h2-21,28H,22H2,1H3. The normalized spacial score (nSPS) is 12.3. The SMILES string of the molecule is CC(=O)CC(c1ccccc1)C(Sc1ccccc1)(Sc1ccccc1)Sc1ccccc1. The molecule has 0 fully saturated rings. The van der Waals surface area contributed by atoms with E-state index in [2.05, 4.69) is 97.1 Å². The Hall–Kier alpha value is -2.40. The molecule has 4 aromatic rings. The first kappa shape index (κ1) is 23.7. The highest BCUT2D eigenvalue weighted by Crippen LogP contribution is 2.63. The number of carbonyl (C=O) groups excluding carboxylic acids is 1. The van der Waals surface area contributed by atoms with Crippen molar-refractivity contribution in [2.75, 3.05) is 0 Å². The molecule has 166 valence electrons. The molecule has 0 spiro atoms. The summed E-state index contributed by atoms with van der Waals surface area (Å²) in [5.74, 6) is 0.195. The van der Waals surface area contributed by atoms with Crippen molar-refractivity contribution in [1.29, 1.82) is 0 Å². The van der Waals surface area contributed by atoms with E-state index in [9.17, 15) is 4.79 Å². The highest BCUT2D eigenvalue weighted by molar-refractivity contribution is 8.33. The van der Waals surface area contributed by atoms with Crippen LogP contribution in [0.1, 0.15) is 24.8 Å². The Balaban J connectivity index is 1.89. The van der Waals surface area contributed by atoms with Crippen LogP contribution in [0.5, 0.6) is 0 Å². The maximum absolute atomic E-state index is 12.6. The van der Waals surface area contributed by atoms with Gasteiger partial charge in [-0.1, -0.05) is 120 Å². The largest absolute Gasteiger partial charge is 0.300 e. The van der Waals surface area contributed by atoms with Gasteiger partial charge < -0.3 is 4.79 Å². The van der Waals surface area contributed by atoms with E-state index in [-0.39, 0.29) is 11.7 Å². The third-order valence-corrected chi connectivity index (χ3v) is 9.86. The second-order valence-corrected chi connectivity index (χ2v) is 12.5. The van der Waals surface area contributed by atoms with Crippen LogP contribution in [0.4, 0.5) is 0 Å². The first-order chi connectivity index (χ1) is 16.1. The molecule has 4 heteroatoms. The molecule has 0 radical (unpaired) electrons. The molecule has 0 saturated carbocycles. The lowest BCUT2D eigenvalue weighted by atomic mass is 9.95. The average molecular weight is 487 g/mol. The summed E-state index contributed by atoms with van der Waals surface area (Å²) in [5.41, 5.74) is 1.18. The van der Waals surface area contributed by atoms with E-state index in [0.29, 0.717) is 6.42 Å². The van der Waals surface area contributed by atoms with E-state index in [1.807, 2.05) is 59.6 Å². The average Bonchev–Trinajstić information content (AvgIpc) is 2.85. The van der Waals surface area contributed by atoms with Crippen LogP contribution >= 0.6 is 35.3 Å². The van der Waals surface area contributed by atoms with Crippen molar-refractivity contribution in [2.24, 2.45) is 0 Å². The van der Waals surface area contributed by atoms with Crippen molar-refractivity contribution in [2.45, 2.75) is 37.4 Å². The van der Waals surface area contributed by atoms with E-state index < -0.39 is 3.41 Å². The van der Waals surface area contributed by atoms with Crippen LogP contribution in [0.25, 0.3) is 0 Å². The van der Waals surface area contributed by atoms with Crippen molar-refractivity contribution in [1.82, 2.24) is 0 Å². The highest BCUT2D eigenvalue weighted by Gasteiger charge is 2.44.